The molecular weight excluding hydrogens is 344 g/mol. The molecule has 0 saturated heterocycles. The molecule has 3 heteroatoms. The summed E-state index contributed by atoms with van der Waals surface area (Å²) in [7, 11) is 0. The molecule has 1 atom stereocenters. The van der Waals surface area contributed by atoms with E-state index in [9.17, 15) is 0 Å². The van der Waals surface area contributed by atoms with Gasteiger partial charge in [0.1, 0.15) is 12.4 Å². The van der Waals surface area contributed by atoms with Gasteiger partial charge < -0.3 is 10.5 Å². The quantitative estimate of drug-likeness (QED) is 0.558. The summed E-state index contributed by atoms with van der Waals surface area (Å²) in [5.74, 6) is 2.12. The number of para-hydroxylation sites is 1. The molecule has 4 rings (SSSR count). The van der Waals surface area contributed by atoms with E-state index in [2.05, 4.69) is 68.2 Å². The number of hydrogen-bond donors (Lipinski definition) is 1. The first-order valence-electron chi connectivity index (χ1n) is 10.3. The molecule has 1 heterocycles. The second-order valence-corrected chi connectivity index (χ2v) is 8.91. The Bertz CT molecular complexity index is 968. The van der Waals surface area contributed by atoms with E-state index in [1.807, 2.05) is 12.3 Å². The van der Waals surface area contributed by atoms with Gasteiger partial charge in [-0.1, -0.05) is 44.2 Å². The molecule has 0 spiro atoms. The van der Waals surface area contributed by atoms with Crippen LogP contribution in [0.2, 0.25) is 0 Å². The minimum atomic E-state index is -0.325. The number of benzene rings is 2. The molecule has 3 aromatic rings. The van der Waals surface area contributed by atoms with Crippen LogP contribution in [-0.2, 0) is 0 Å². The summed E-state index contributed by atoms with van der Waals surface area (Å²) in [6.07, 6.45) is 5.30. The second kappa shape index (κ2) is 7.56. The number of hydrogen-bond acceptors (Lipinski definition) is 3. The van der Waals surface area contributed by atoms with Crippen molar-refractivity contribution in [3.8, 4) is 16.9 Å². The first kappa shape index (κ1) is 18.9. The molecule has 2 aromatic carbocycles. The van der Waals surface area contributed by atoms with Crippen molar-refractivity contribution in [1.82, 2.24) is 4.98 Å². The SMILES string of the molecule is CC(C)C[C@](C)(N)COc1cccc(-c2ccnc3ccccc23)c1C1CC1. The van der Waals surface area contributed by atoms with Crippen molar-refractivity contribution >= 4 is 10.9 Å². The lowest BCUT2D eigenvalue weighted by molar-refractivity contribution is 0.205. The summed E-state index contributed by atoms with van der Waals surface area (Å²) < 4.78 is 6.34. The van der Waals surface area contributed by atoms with Gasteiger partial charge in [0.15, 0.2) is 0 Å². The predicted molar refractivity (Wildman–Crippen MR) is 117 cm³/mol. The molecule has 1 fully saturated rings. The standard InChI is InChI=1S/C25H30N2O/c1-17(2)15-25(3,26)16-28-23-10-6-8-21(24(23)18-11-12-18)19-13-14-27-22-9-5-4-7-20(19)22/h4-10,13-14,17-18H,11-12,15-16,26H2,1-3H3/t25-/m0/s1. The lowest BCUT2D eigenvalue weighted by atomic mass is 9.92. The topological polar surface area (TPSA) is 48.1 Å². The van der Waals surface area contributed by atoms with E-state index < -0.39 is 0 Å². The van der Waals surface area contributed by atoms with Crippen molar-refractivity contribution < 1.29 is 4.74 Å². The third kappa shape index (κ3) is 4.05. The minimum Gasteiger partial charge on any atom is -0.491 e. The van der Waals surface area contributed by atoms with E-state index in [1.165, 1.54) is 34.9 Å². The van der Waals surface area contributed by atoms with Gasteiger partial charge in [-0.15, -0.1) is 0 Å². The highest BCUT2D eigenvalue weighted by Crippen LogP contribution is 2.49. The van der Waals surface area contributed by atoms with Crippen molar-refractivity contribution in [1.29, 1.82) is 0 Å². The third-order valence-electron chi connectivity index (χ3n) is 5.42. The summed E-state index contributed by atoms with van der Waals surface area (Å²) in [4.78, 5) is 4.53. The number of ether oxygens (including phenoxy) is 1. The molecule has 0 unspecified atom stereocenters. The summed E-state index contributed by atoms with van der Waals surface area (Å²) in [6, 6.07) is 16.9. The average Bonchev–Trinajstić information content (AvgIpc) is 3.50. The molecule has 3 nitrogen and oxygen atoms in total. The molecule has 28 heavy (non-hydrogen) atoms. The highest BCUT2D eigenvalue weighted by molar-refractivity contribution is 5.95. The molecule has 0 amide bonds. The van der Waals surface area contributed by atoms with Gasteiger partial charge in [0, 0.05) is 22.7 Å². The number of pyridine rings is 1. The number of aromatic nitrogens is 1. The fraction of sp³-hybridized carbons (Fsp3) is 0.400. The van der Waals surface area contributed by atoms with Crippen LogP contribution in [-0.4, -0.2) is 17.1 Å². The van der Waals surface area contributed by atoms with Crippen LogP contribution in [0, 0.1) is 5.92 Å². The van der Waals surface area contributed by atoms with Gasteiger partial charge in [0.25, 0.3) is 0 Å². The molecule has 0 bridgehead atoms. The van der Waals surface area contributed by atoms with Gasteiger partial charge in [-0.05, 0) is 67.3 Å². The molecule has 1 aliphatic rings. The van der Waals surface area contributed by atoms with Crippen LogP contribution >= 0.6 is 0 Å². The highest BCUT2D eigenvalue weighted by Gasteiger charge is 2.31. The van der Waals surface area contributed by atoms with Crippen LogP contribution < -0.4 is 10.5 Å². The normalized spacial score (nSPS) is 16.3. The zero-order chi connectivity index (χ0) is 19.7. The number of rotatable bonds is 7. The fourth-order valence-electron chi connectivity index (χ4n) is 4.26. The zero-order valence-electron chi connectivity index (χ0n) is 17.1. The maximum Gasteiger partial charge on any atom is 0.123 e. The van der Waals surface area contributed by atoms with Crippen molar-refractivity contribution in [3.63, 3.8) is 0 Å². The Labute approximate surface area is 167 Å². The Hall–Kier alpha value is -2.39. The molecule has 146 valence electrons. The van der Waals surface area contributed by atoms with Crippen molar-refractivity contribution in [2.75, 3.05) is 6.61 Å². The number of nitrogens with two attached hydrogens (primary N) is 1. The Morgan fingerprint density at radius 1 is 1.07 bits per heavy atom. The van der Waals surface area contributed by atoms with Crippen LogP contribution in [0.3, 0.4) is 0 Å². The van der Waals surface area contributed by atoms with Crippen LogP contribution in [0.4, 0.5) is 0 Å². The molecule has 2 N–H and O–H groups in total. The van der Waals surface area contributed by atoms with E-state index in [1.54, 1.807) is 0 Å². The summed E-state index contributed by atoms with van der Waals surface area (Å²) in [6.45, 7) is 7.03. The summed E-state index contributed by atoms with van der Waals surface area (Å²) in [5, 5.41) is 1.19. The molecular formula is C25H30N2O. The number of nitrogens with zero attached hydrogens (tertiary/aromatic N) is 1. The monoisotopic (exact) mass is 374 g/mol. The third-order valence-corrected chi connectivity index (χ3v) is 5.42. The lowest BCUT2D eigenvalue weighted by Gasteiger charge is -2.27. The molecule has 1 saturated carbocycles. The lowest BCUT2D eigenvalue weighted by Crippen LogP contribution is -2.43. The van der Waals surface area contributed by atoms with Crippen molar-refractivity contribution in [3.05, 3.63) is 60.3 Å². The van der Waals surface area contributed by atoms with Crippen LogP contribution in [0.15, 0.2) is 54.7 Å². The smallest absolute Gasteiger partial charge is 0.123 e. The highest BCUT2D eigenvalue weighted by atomic mass is 16.5. The van der Waals surface area contributed by atoms with Gasteiger partial charge >= 0.3 is 0 Å². The van der Waals surface area contributed by atoms with Gasteiger partial charge in [-0.2, -0.15) is 0 Å². The Morgan fingerprint density at radius 2 is 1.86 bits per heavy atom. The van der Waals surface area contributed by atoms with E-state index >= 15 is 0 Å². The molecule has 0 radical (unpaired) electrons. The average molecular weight is 375 g/mol. The van der Waals surface area contributed by atoms with Crippen molar-refractivity contribution in [2.24, 2.45) is 11.7 Å². The Morgan fingerprint density at radius 3 is 2.61 bits per heavy atom. The summed E-state index contributed by atoms with van der Waals surface area (Å²) in [5.41, 5.74) is 11.0. The van der Waals surface area contributed by atoms with Crippen LogP contribution in [0.5, 0.6) is 5.75 Å². The molecule has 1 aromatic heterocycles. The fourth-order valence-corrected chi connectivity index (χ4v) is 4.26. The van der Waals surface area contributed by atoms with Gasteiger partial charge in [0.05, 0.1) is 5.52 Å². The van der Waals surface area contributed by atoms with E-state index in [4.69, 9.17) is 10.5 Å². The first-order valence-corrected chi connectivity index (χ1v) is 10.3. The molecule has 1 aliphatic carbocycles. The first-order chi connectivity index (χ1) is 13.4. The maximum atomic E-state index is 6.50. The molecule has 0 aliphatic heterocycles. The van der Waals surface area contributed by atoms with E-state index in [-0.39, 0.29) is 5.54 Å². The maximum absolute atomic E-state index is 6.50. The van der Waals surface area contributed by atoms with Crippen LogP contribution in [0.1, 0.15) is 51.5 Å². The number of fused-ring (bicyclic) bond motifs is 1. The summed E-state index contributed by atoms with van der Waals surface area (Å²) >= 11 is 0. The van der Waals surface area contributed by atoms with Crippen molar-refractivity contribution in [2.45, 2.75) is 51.5 Å². The second-order valence-electron chi connectivity index (χ2n) is 8.91. The van der Waals surface area contributed by atoms with E-state index in [0.717, 1.165) is 17.7 Å². The minimum absolute atomic E-state index is 0.325. The van der Waals surface area contributed by atoms with E-state index in [0.29, 0.717) is 18.4 Å². The Kier molecular flexibility index (Phi) is 5.11. The van der Waals surface area contributed by atoms with Crippen LogP contribution in [0.25, 0.3) is 22.0 Å². The van der Waals surface area contributed by atoms with Gasteiger partial charge in [-0.3, -0.25) is 4.98 Å². The van der Waals surface area contributed by atoms with Gasteiger partial charge in [-0.25, -0.2) is 0 Å². The largest absolute Gasteiger partial charge is 0.491 e. The Balaban J connectivity index is 1.73. The predicted octanol–water partition coefficient (Wildman–Crippen LogP) is 5.92. The zero-order valence-corrected chi connectivity index (χ0v) is 17.1. The van der Waals surface area contributed by atoms with Gasteiger partial charge in [0.2, 0.25) is 0 Å².